The molecule has 2 unspecified atom stereocenters. The van der Waals surface area contributed by atoms with Crippen LogP contribution < -0.4 is 11.1 Å². The van der Waals surface area contributed by atoms with Crippen LogP contribution in [0.4, 0.5) is 0 Å². The molecule has 2 aliphatic rings. The van der Waals surface area contributed by atoms with Gasteiger partial charge in [0.2, 0.25) is 23.6 Å². The van der Waals surface area contributed by atoms with E-state index in [1.807, 2.05) is 13.8 Å². The van der Waals surface area contributed by atoms with Crippen molar-refractivity contribution in [3.05, 3.63) is 0 Å². The van der Waals surface area contributed by atoms with E-state index in [0.717, 1.165) is 6.42 Å². The third kappa shape index (κ3) is 6.86. The van der Waals surface area contributed by atoms with Crippen molar-refractivity contribution < 1.29 is 28.7 Å². The summed E-state index contributed by atoms with van der Waals surface area (Å²) in [6, 6.07) is -1.72. The second kappa shape index (κ2) is 11.6. The molecule has 0 aromatic rings. The first kappa shape index (κ1) is 30.2. The Morgan fingerprint density at radius 2 is 1.69 bits per heavy atom. The number of hydrogen-bond donors (Lipinski definition) is 3. The van der Waals surface area contributed by atoms with Gasteiger partial charge in [0, 0.05) is 19.6 Å². The number of aliphatic hydroxyl groups excluding tert-OH is 1. The Kier molecular flexibility index (Phi) is 9.74. The van der Waals surface area contributed by atoms with Gasteiger partial charge in [0.1, 0.15) is 12.1 Å². The Bertz CT molecular complexity index is 843. The highest BCUT2D eigenvalue weighted by Crippen LogP contribution is 2.38. The molecule has 11 heteroatoms. The van der Waals surface area contributed by atoms with E-state index in [1.165, 1.54) is 6.92 Å². The fraction of sp³-hybridized carbons (Fsp3) is 0.840. The summed E-state index contributed by atoms with van der Waals surface area (Å²) >= 11 is 0. The van der Waals surface area contributed by atoms with Crippen molar-refractivity contribution in [2.75, 3.05) is 19.6 Å². The number of likely N-dealkylation sites (tertiary alicyclic amines) is 2. The van der Waals surface area contributed by atoms with Gasteiger partial charge in [-0.3, -0.25) is 19.2 Å². The first-order chi connectivity index (χ1) is 16.5. The van der Waals surface area contributed by atoms with Gasteiger partial charge in [-0.1, -0.05) is 27.7 Å². The van der Waals surface area contributed by atoms with Crippen molar-refractivity contribution in [1.29, 1.82) is 0 Å². The molecule has 2 heterocycles. The van der Waals surface area contributed by atoms with E-state index in [2.05, 4.69) is 39.2 Å². The number of nitrogens with zero attached hydrogens (tertiary/aromatic N) is 2. The molecule has 0 aliphatic carbocycles. The molecule has 206 valence electrons. The van der Waals surface area contributed by atoms with Crippen LogP contribution in [0.25, 0.3) is 0 Å². The van der Waals surface area contributed by atoms with Gasteiger partial charge in [0.15, 0.2) is 8.32 Å². The first-order valence-corrected chi connectivity index (χ1v) is 15.9. The number of carbonyl (C=O) groups is 4. The maximum atomic E-state index is 13.4. The predicted molar refractivity (Wildman–Crippen MR) is 139 cm³/mol. The number of rotatable bonds is 9. The molecule has 2 fully saturated rings. The fourth-order valence-corrected chi connectivity index (χ4v) is 6.07. The molecule has 0 saturated carbocycles. The first-order valence-electron chi connectivity index (χ1n) is 13.0. The topological polar surface area (TPSA) is 142 Å². The Hall–Kier alpha value is -1.98. The standard InChI is InChI=1S/C25H46N4O6Si/c1-15(17(3)35-36(7,8)25(4,5)6)23(33)29-12-9-10-19(29)24(34)28-13-11-18(14-28)22(32)27-20(16(2)30)21(26)31/h15-20,30H,9-14H2,1-8H3,(H2,26,31)(H,27,32)/t15-,16+,17+,18?,19+,20?/m0/s1. The van der Waals surface area contributed by atoms with Crippen LogP contribution in [0.3, 0.4) is 0 Å². The van der Waals surface area contributed by atoms with Gasteiger partial charge in [-0.25, -0.2) is 0 Å². The maximum Gasteiger partial charge on any atom is 0.245 e. The van der Waals surface area contributed by atoms with Crippen LogP contribution >= 0.6 is 0 Å². The molecular formula is C25H46N4O6Si. The summed E-state index contributed by atoms with van der Waals surface area (Å²) in [5.74, 6) is -2.34. The van der Waals surface area contributed by atoms with Gasteiger partial charge in [-0.15, -0.1) is 0 Å². The molecule has 0 radical (unpaired) electrons. The molecule has 0 bridgehead atoms. The molecule has 0 aromatic heterocycles. The second-order valence-corrected chi connectivity index (χ2v) is 16.7. The molecule has 0 spiro atoms. The lowest BCUT2D eigenvalue weighted by atomic mass is 10.0. The molecule has 4 amide bonds. The number of nitrogens with one attached hydrogen (secondary N) is 1. The van der Waals surface area contributed by atoms with Crippen LogP contribution in [0, 0.1) is 11.8 Å². The Morgan fingerprint density at radius 3 is 2.22 bits per heavy atom. The highest BCUT2D eigenvalue weighted by atomic mass is 28.4. The van der Waals surface area contributed by atoms with Crippen LogP contribution in [0.1, 0.15) is 60.8 Å². The lowest BCUT2D eigenvalue weighted by Gasteiger charge is -2.40. The average molecular weight is 527 g/mol. The number of primary amides is 1. The molecular weight excluding hydrogens is 480 g/mol. The number of nitrogens with two attached hydrogens (primary N) is 1. The zero-order valence-corrected chi connectivity index (χ0v) is 24.2. The highest BCUT2D eigenvalue weighted by Gasteiger charge is 2.44. The van der Waals surface area contributed by atoms with E-state index in [0.29, 0.717) is 25.9 Å². The van der Waals surface area contributed by atoms with Crippen LogP contribution in [-0.4, -0.2) is 90.8 Å². The van der Waals surface area contributed by atoms with E-state index < -0.39 is 44.2 Å². The number of carbonyl (C=O) groups excluding carboxylic acids is 4. The Balaban J connectivity index is 2.01. The Morgan fingerprint density at radius 1 is 1.08 bits per heavy atom. The zero-order chi connectivity index (χ0) is 27.6. The van der Waals surface area contributed by atoms with Crippen LogP contribution in [0.5, 0.6) is 0 Å². The van der Waals surface area contributed by atoms with Crippen LogP contribution in [0.15, 0.2) is 0 Å². The molecule has 0 aromatic carbocycles. The fourth-order valence-electron chi connectivity index (χ4n) is 4.58. The second-order valence-electron chi connectivity index (χ2n) is 12.0. The summed E-state index contributed by atoms with van der Waals surface area (Å²) in [6.45, 7) is 17.1. The normalized spacial score (nSPS) is 24.2. The minimum atomic E-state index is -2.05. The quantitative estimate of drug-likeness (QED) is 0.386. The minimum absolute atomic E-state index is 0.0292. The summed E-state index contributed by atoms with van der Waals surface area (Å²) in [5.41, 5.74) is 5.26. The number of aliphatic hydroxyl groups is 1. The van der Waals surface area contributed by atoms with Gasteiger partial charge < -0.3 is 30.4 Å². The molecule has 36 heavy (non-hydrogen) atoms. The van der Waals surface area contributed by atoms with E-state index in [9.17, 15) is 24.3 Å². The molecule has 4 N–H and O–H groups in total. The minimum Gasteiger partial charge on any atom is -0.413 e. The van der Waals surface area contributed by atoms with Crippen LogP contribution in [0.2, 0.25) is 18.1 Å². The smallest absolute Gasteiger partial charge is 0.245 e. The third-order valence-corrected chi connectivity index (χ3v) is 12.7. The molecule has 6 atom stereocenters. The van der Waals surface area contributed by atoms with Gasteiger partial charge >= 0.3 is 0 Å². The van der Waals surface area contributed by atoms with E-state index in [1.54, 1.807) is 9.80 Å². The van der Waals surface area contributed by atoms with E-state index >= 15 is 0 Å². The van der Waals surface area contributed by atoms with Crippen molar-refractivity contribution in [3.63, 3.8) is 0 Å². The molecule has 2 rings (SSSR count). The Labute approximate surface area is 216 Å². The molecule has 2 saturated heterocycles. The number of amides is 4. The van der Waals surface area contributed by atoms with Crippen molar-refractivity contribution >= 4 is 31.9 Å². The van der Waals surface area contributed by atoms with Crippen molar-refractivity contribution in [1.82, 2.24) is 15.1 Å². The number of hydrogen-bond acceptors (Lipinski definition) is 6. The third-order valence-electron chi connectivity index (χ3n) is 8.16. The van der Waals surface area contributed by atoms with E-state index in [4.69, 9.17) is 10.2 Å². The summed E-state index contributed by atoms with van der Waals surface area (Å²) in [4.78, 5) is 54.3. The van der Waals surface area contributed by atoms with Crippen molar-refractivity contribution in [3.8, 4) is 0 Å². The van der Waals surface area contributed by atoms with Gasteiger partial charge in [0.05, 0.1) is 24.0 Å². The summed E-state index contributed by atoms with van der Waals surface area (Å²) in [7, 11) is -2.05. The zero-order valence-electron chi connectivity index (χ0n) is 23.2. The van der Waals surface area contributed by atoms with Crippen LogP contribution in [-0.2, 0) is 23.6 Å². The largest absolute Gasteiger partial charge is 0.413 e. The average Bonchev–Trinajstić information content (AvgIpc) is 3.44. The summed E-state index contributed by atoms with van der Waals surface area (Å²) in [6.07, 6.45) is 0.402. The lowest BCUT2D eigenvalue weighted by Crippen LogP contribution is -2.53. The van der Waals surface area contributed by atoms with Gasteiger partial charge in [-0.2, -0.15) is 0 Å². The predicted octanol–water partition coefficient (Wildman–Crippen LogP) is 1.22. The maximum absolute atomic E-state index is 13.4. The van der Waals surface area contributed by atoms with Gasteiger partial charge in [0.25, 0.3) is 0 Å². The monoisotopic (exact) mass is 526 g/mol. The molecule has 10 nitrogen and oxygen atoms in total. The SMILES string of the molecule is C[C@H](C(=O)N1CCC[C@@H]1C(=O)N1CCC(C(=O)NC(C(N)=O)[C@@H](C)O)C1)[C@@H](C)O[Si](C)(C)C(C)(C)C. The van der Waals surface area contributed by atoms with Crippen molar-refractivity contribution in [2.45, 2.75) is 103 Å². The summed E-state index contributed by atoms with van der Waals surface area (Å²) in [5, 5.41) is 12.2. The lowest BCUT2D eigenvalue weighted by molar-refractivity contribution is -0.147. The molecule has 2 aliphatic heterocycles. The summed E-state index contributed by atoms with van der Waals surface area (Å²) < 4.78 is 6.45. The van der Waals surface area contributed by atoms with E-state index in [-0.39, 0.29) is 35.4 Å². The van der Waals surface area contributed by atoms with Gasteiger partial charge in [-0.05, 0) is 51.2 Å². The van der Waals surface area contributed by atoms with Crippen molar-refractivity contribution in [2.24, 2.45) is 17.6 Å². The highest BCUT2D eigenvalue weighted by molar-refractivity contribution is 6.74.